The summed E-state index contributed by atoms with van der Waals surface area (Å²) in [4.78, 5) is 4.48. The van der Waals surface area contributed by atoms with Crippen LogP contribution in [0.4, 0.5) is 0 Å². The molecule has 0 aliphatic rings. The van der Waals surface area contributed by atoms with Crippen LogP contribution in [0.5, 0.6) is 0 Å². The molecule has 1 heterocycles. The summed E-state index contributed by atoms with van der Waals surface area (Å²) in [5.74, 6) is 1.05. The predicted molar refractivity (Wildman–Crippen MR) is 77.7 cm³/mol. The lowest BCUT2D eigenvalue weighted by Crippen LogP contribution is -2.22. The highest BCUT2D eigenvalue weighted by Crippen LogP contribution is 2.29. The molecule has 0 saturated heterocycles. The van der Waals surface area contributed by atoms with Crippen molar-refractivity contribution in [2.75, 3.05) is 7.05 Å². The van der Waals surface area contributed by atoms with Gasteiger partial charge < -0.3 is 9.88 Å². The molecule has 0 amide bonds. The van der Waals surface area contributed by atoms with Gasteiger partial charge in [-0.2, -0.15) is 0 Å². The molecule has 1 atom stereocenters. The second-order valence-electron chi connectivity index (χ2n) is 4.27. The van der Waals surface area contributed by atoms with Crippen LogP contribution in [0.15, 0.2) is 35.1 Å². The second-order valence-corrected chi connectivity index (χ2v) is 5.06. The molecule has 4 heteroatoms. The highest BCUT2D eigenvalue weighted by molar-refractivity contribution is 9.10. The molecule has 96 valence electrons. The maximum atomic E-state index is 4.48. The third kappa shape index (κ3) is 2.35. The third-order valence-electron chi connectivity index (χ3n) is 3.17. The first-order valence-electron chi connectivity index (χ1n) is 6.12. The van der Waals surface area contributed by atoms with Gasteiger partial charge in [0, 0.05) is 23.4 Å². The number of imidazole rings is 1. The van der Waals surface area contributed by atoms with E-state index in [1.807, 2.05) is 19.4 Å². The number of nitrogens with zero attached hydrogens (tertiary/aromatic N) is 2. The molecule has 2 aromatic rings. The van der Waals surface area contributed by atoms with Gasteiger partial charge in [-0.05, 0) is 32.0 Å². The monoisotopic (exact) mass is 307 g/mol. The largest absolute Gasteiger partial charge is 0.334 e. The first kappa shape index (κ1) is 13.3. The fourth-order valence-corrected chi connectivity index (χ4v) is 2.66. The Hall–Kier alpha value is -1.13. The van der Waals surface area contributed by atoms with Gasteiger partial charge >= 0.3 is 0 Å². The van der Waals surface area contributed by atoms with Crippen LogP contribution in [-0.4, -0.2) is 16.6 Å². The van der Waals surface area contributed by atoms with Crippen molar-refractivity contribution in [1.29, 1.82) is 0 Å². The fraction of sp³-hybridized carbons (Fsp3) is 0.357. The molecular weight excluding hydrogens is 290 g/mol. The molecular formula is C14H18BrN3. The number of hydrogen-bond acceptors (Lipinski definition) is 2. The van der Waals surface area contributed by atoms with E-state index in [0.717, 1.165) is 16.8 Å². The molecule has 3 nitrogen and oxygen atoms in total. The van der Waals surface area contributed by atoms with E-state index < -0.39 is 0 Å². The Bertz CT molecular complexity index is 534. The first-order chi connectivity index (χ1) is 8.69. The molecule has 0 saturated carbocycles. The Labute approximate surface area is 116 Å². The van der Waals surface area contributed by atoms with Crippen LogP contribution in [0.3, 0.4) is 0 Å². The van der Waals surface area contributed by atoms with Crippen molar-refractivity contribution in [2.45, 2.75) is 26.4 Å². The summed E-state index contributed by atoms with van der Waals surface area (Å²) in [6, 6.07) is 6.42. The normalized spacial score (nSPS) is 12.7. The summed E-state index contributed by atoms with van der Waals surface area (Å²) < 4.78 is 3.31. The third-order valence-corrected chi connectivity index (χ3v) is 4.25. The maximum Gasteiger partial charge on any atom is 0.130 e. The Kier molecular flexibility index (Phi) is 4.19. The topological polar surface area (TPSA) is 29.9 Å². The zero-order valence-electron chi connectivity index (χ0n) is 10.9. The summed E-state index contributed by atoms with van der Waals surface area (Å²) >= 11 is 3.68. The SMILES string of the molecule is CCn1ccnc1C(NC)c1cccc(C)c1Br. The van der Waals surface area contributed by atoms with E-state index >= 15 is 0 Å². The van der Waals surface area contributed by atoms with Crippen molar-refractivity contribution >= 4 is 15.9 Å². The summed E-state index contributed by atoms with van der Waals surface area (Å²) in [5.41, 5.74) is 2.46. The molecule has 1 unspecified atom stereocenters. The summed E-state index contributed by atoms with van der Waals surface area (Å²) in [6.07, 6.45) is 3.87. The van der Waals surface area contributed by atoms with Gasteiger partial charge in [0.1, 0.15) is 5.82 Å². The van der Waals surface area contributed by atoms with E-state index in [-0.39, 0.29) is 6.04 Å². The van der Waals surface area contributed by atoms with Crippen LogP contribution in [0.1, 0.15) is 29.9 Å². The minimum absolute atomic E-state index is 0.106. The highest BCUT2D eigenvalue weighted by atomic mass is 79.9. The molecule has 1 aromatic heterocycles. The number of halogens is 1. The van der Waals surface area contributed by atoms with Crippen LogP contribution in [0.25, 0.3) is 0 Å². The van der Waals surface area contributed by atoms with Gasteiger partial charge in [0.25, 0.3) is 0 Å². The molecule has 0 aliphatic heterocycles. The Morgan fingerprint density at radius 1 is 1.44 bits per heavy atom. The molecule has 0 fully saturated rings. The number of benzene rings is 1. The lowest BCUT2D eigenvalue weighted by molar-refractivity contribution is 0.588. The zero-order valence-corrected chi connectivity index (χ0v) is 12.5. The van der Waals surface area contributed by atoms with E-state index in [1.165, 1.54) is 11.1 Å². The van der Waals surface area contributed by atoms with Gasteiger partial charge in [-0.25, -0.2) is 4.98 Å². The van der Waals surface area contributed by atoms with E-state index in [4.69, 9.17) is 0 Å². The van der Waals surface area contributed by atoms with Gasteiger partial charge in [0.05, 0.1) is 6.04 Å². The summed E-state index contributed by atoms with van der Waals surface area (Å²) in [5, 5.41) is 3.35. The zero-order chi connectivity index (χ0) is 13.1. The average Bonchev–Trinajstić information content (AvgIpc) is 2.83. The van der Waals surface area contributed by atoms with E-state index in [2.05, 4.69) is 62.8 Å². The van der Waals surface area contributed by atoms with Gasteiger partial charge in [0.2, 0.25) is 0 Å². The molecule has 2 rings (SSSR count). The van der Waals surface area contributed by atoms with Crippen molar-refractivity contribution in [1.82, 2.24) is 14.9 Å². The van der Waals surface area contributed by atoms with Crippen LogP contribution < -0.4 is 5.32 Å². The van der Waals surface area contributed by atoms with Crippen LogP contribution in [-0.2, 0) is 6.54 Å². The van der Waals surface area contributed by atoms with Crippen molar-refractivity contribution in [3.8, 4) is 0 Å². The minimum atomic E-state index is 0.106. The number of nitrogens with one attached hydrogen (secondary N) is 1. The smallest absolute Gasteiger partial charge is 0.130 e. The Morgan fingerprint density at radius 2 is 2.22 bits per heavy atom. The molecule has 1 aromatic carbocycles. The van der Waals surface area contributed by atoms with E-state index in [0.29, 0.717) is 0 Å². The summed E-state index contributed by atoms with van der Waals surface area (Å²) in [7, 11) is 1.97. The Morgan fingerprint density at radius 3 is 2.89 bits per heavy atom. The van der Waals surface area contributed by atoms with Gasteiger partial charge in [-0.3, -0.25) is 0 Å². The fourth-order valence-electron chi connectivity index (χ4n) is 2.17. The van der Waals surface area contributed by atoms with Gasteiger partial charge in [-0.1, -0.05) is 34.1 Å². The van der Waals surface area contributed by atoms with Gasteiger partial charge in [0.15, 0.2) is 0 Å². The highest BCUT2D eigenvalue weighted by Gasteiger charge is 2.19. The van der Waals surface area contributed by atoms with Crippen molar-refractivity contribution in [3.05, 3.63) is 52.0 Å². The number of rotatable bonds is 4. The second kappa shape index (κ2) is 5.67. The van der Waals surface area contributed by atoms with Crippen molar-refractivity contribution < 1.29 is 0 Å². The quantitative estimate of drug-likeness (QED) is 0.939. The molecule has 1 N–H and O–H groups in total. The molecule has 0 radical (unpaired) electrons. The first-order valence-corrected chi connectivity index (χ1v) is 6.91. The summed E-state index contributed by atoms with van der Waals surface area (Å²) in [6.45, 7) is 5.16. The standard InChI is InChI=1S/C14H18BrN3/c1-4-18-9-8-17-14(18)13(16-3)11-7-5-6-10(2)12(11)15/h5-9,13,16H,4H2,1-3H3. The molecule has 0 spiro atoms. The molecule has 0 bridgehead atoms. The number of aromatic nitrogens is 2. The maximum absolute atomic E-state index is 4.48. The van der Waals surface area contributed by atoms with Crippen LogP contribution in [0.2, 0.25) is 0 Å². The van der Waals surface area contributed by atoms with Crippen LogP contribution in [0, 0.1) is 6.92 Å². The van der Waals surface area contributed by atoms with Crippen LogP contribution >= 0.6 is 15.9 Å². The average molecular weight is 308 g/mol. The van der Waals surface area contributed by atoms with Crippen molar-refractivity contribution in [2.24, 2.45) is 0 Å². The number of hydrogen-bond donors (Lipinski definition) is 1. The van der Waals surface area contributed by atoms with E-state index in [9.17, 15) is 0 Å². The van der Waals surface area contributed by atoms with Gasteiger partial charge in [-0.15, -0.1) is 0 Å². The predicted octanol–water partition coefficient (Wildman–Crippen LogP) is 3.28. The lowest BCUT2D eigenvalue weighted by Gasteiger charge is -2.19. The molecule has 0 aliphatic carbocycles. The van der Waals surface area contributed by atoms with E-state index in [1.54, 1.807) is 0 Å². The molecule has 18 heavy (non-hydrogen) atoms. The minimum Gasteiger partial charge on any atom is -0.334 e. The lowest BCUT2D eigenvalue weighted by atomic mass is 10.0. The van der Waals surface area contributed by atoms with Crippen molar-refractivity contribution in [3.63, 3.8) is 0 Å². The Balaban J connectivity index is 2.49. The number of aryl methyl sites for hydroxylation is 2.